The molecule has 6 heteroatoms. The molecule has 0 bridgehead atoms. The third-order valence-corrected chi connectivity index (χ3v) is 2.67. The highest BCUT2D eigenvalue weighted by molar-refractivity contribution is 5.40. The second-order valence-corrected chi connectivity index (χ2v) is 3.98. The molecular formula is C14H12FNO4. The molecule has 0 aliphatic heterocycles. The summed E-state index contributed by atoms with van der Waals surface area (Å²) in [7, 11) is 1.52. The lowest BCUT2D eigenvalue weighted by molar-refractivity contribution is -0.387. The van der Waals surface area contributed by atoms with Gasteiger partial charge in [0.05, 0.1) is 12.0 Å². The van der Waals surface area contributed by atoms with Crippen LogP contribution in [0.5, 0.6) is 11.5 Å². The Kier molecular flexibility index (Phi) is 4.14. The summed E-state index contributed by atoms with van der Waals surface area (Å²) in [6.45, 7) is 0.0925. The summed E-state index contributed by atoms with van der Waals surface area (Å²) in [5.41, 5.74) is -0.0509. The summed E-state index contributed by atoms with van der Waals surface area (Å²) >= 11 is 0. The van der Waals surface area contributed by atoms with E-state index in [0.717, 1.165) is 12.1 Å². The van der Waals surface area contributed by atoms with Crippen molar-refractivity contribution in [1.82, 2.24) is 0 Å². The Balaban J connectivity index is 2.11. The molecule has 0 saturated carbocycles. The van der Waals surface area contributed by atoms with Gasteiger partial charge in [0.15, 0.2) is 11.5 Å². The first-order chi connectivity index (χ1) is 9.61. The summed E-state index contributed by atoms with van der Waals surface area (Å²) in [5.74, 6) is 0.208. The van der Waals surface area contributed by atoms with Crippen molar-refractivity contribution < 1.29 is 18.8 Å². The molecule has 0 fully saturated rings. The van der Waals surface area contributed by atoms with Crippen molar-refractivity contribution in [3.63, 3.8) is 0 Å². The van der Waals surface area contributed by atoms with Crippen LogP contribution in [0.25, 0.3) is 0 Å². The molecule has 0 radical (unpaired) electrons. The Morgan fingerprint density at radius 2 is 1.90 bits per heavy atom. The molecule has 0 heterocycles. The maximum absolute atomic E-state index is 13.5. The first-order valence-electron chi connectivity index (χ1n) is 5.80. The van der Waals surface area contributed by atoms with Gasteiger partial charge in [-0.15, -0.1) is 0 Å². The molecule has 0 atom stereocenters. The smallest absolute Gasteiger partial charge is 0.304 e. The number of hydrogen-bond acceptors (Lipinski definition) is 4. The van der Waals surface area contributed by atoms with Crippen LogP contribution >= 0.6 is 0 Å². The Hall–Kier alpha value is -2.63. The fourth-order valence-corrected chi connectivity index (χ4v) is 1.69. The van der Waals surface area contributed by atoms with Gasteiger partial charge in [-0.2, -0.15) is 4.39 Å². The van der Waals surface area contributed by atoms with Gasteiger partial charge in [0.2, 0.25) is 5.82 Å². The van der Waals surface area contributed by atoms with E-state index in [2.05, 4.69) is 0 Å². The van der Waals surface area contributed by atoms with Gasteiger partial charge in [-0.05, 0) is 29.8 Å². The van der Waals surface area contributed by atoms with Crippen LogP contribution in [0, 0.1) is 15.9 Å². The normalized spacial score (nSPS) is 10.1. The lowest BCUT2D eigenvalue weighted by atomic mass is 10.2. The van der Waals surface area contributed by atoms with Gasteiger partial charge in [0, 0.05) is 6.07 Å². The van der Waals surface area contributed by atoms with Crippen LogP contribution in [0.1, 0.15) is 5.56 Å². The van der Waals surface area contributed by atoms with E-state index in [9.17, 15) is 14.5 Å². The number of hydrogen-bond donors (Lipinski definition) is 0. The van der Waals surface area contributed by atoms with Gasteiger partial charge in [0.25, 0.3) is 0 Å². The minimum absolute atomic E-state index is 0.0925. The van der Waals surface area contributed by atoms with Gasteiger partial charge in [-0.3, -0.25) is 10.1 Å². The molecule has 2 rings (SSSR count). The van der Waals surface area contributed by atoms with E-state index in [1.165, 1.54) is 13.2 Å². The predicted octanol–water partition coefficient (Wildman–Crippen LogP) is 3.32. The average molecular weight is 277 g/mol. The largest absolute Gasteiger partial charge is 0.493 e. The number of rotatable bonds is 5. The van der Waals surface area contributed by atoms with E-state index >= 15 is 0 Å². The van der Waals surface area contributed by atoms with Crippen LogP contribution in [0.3, 0.4) is 0 Å². The zero-order valence-electron chi connectivity index (χ0n) is 10.7. The van der Waals surface area contributed by atoms with Crippen molar-refractivity contribution >= 4 is 5.69 Å². The van der Waals surface area contributed by atoms with Crippen molar-refractivity contribution in [3.8, 4) is 11.5 Å². The summed E-state index contributed by atoms with van der Waals surface area (Å²) in [5, 5.41) is 10.5. The number of nitro groups is 1. The molecule has 0 unspecified atom stereocenters. The molecule has 0 spiro atoms. The quantitative estimate of drug-likeness (QED) is 0.621. The second kappa shape index (κ2) is 6.01. The van der Waals surface area contributed by atoms with E-state index in [1.54, 1.807) is 24.3 Å². The molecule has 0 aliphatic carbocycles. The standard InChI is InChI=1S/C14H12FNO4/c1-19-13-4-2-3-5-14(13)20-9-10-6-7-12(16(17)18)11(15)8-10/h2-8H,9H2,1H3. The van der Waals surface area contributed by atoms with Crippen LogP contribution in [0.4, 0.5) is 10.1 Å². The number of benzene rings is 2. The molecule has 2 aromatic rings. The summed E-state index contributed by atoms with van der Waals surface area (Å²) < 4.78 is 24.1. The lowest BCUT2D eigenvalue weighted by Crippen LogP contribution is -1.99. The monoisotopic (exact) mass is 277 g/mol. The van der Waals surface area contributed by atoms with Crippen molar-refractivity contribution in [3.05, 3.63) is 64.0 Å². The highest BCUT2D eigenvalue weighted by atomic mass is 19.1. The third kappa shape index (κ3) is 3.03. The number of ether oxygens (including phenoxy) is 2. The predicted molar refractivity (Wildman–Crippen MR) is 70.4 cm³/mol. The van der Waals surface area contributed by atoms with Crippen molar-refractivity contribution in [2.45, 2.75) is 6.61 Å². The molecular weight excluding hydrogens is 265 g/mol. The zero-order valence-corrected chi connectivity index (χ0v) is 10.7. The Morgan fingerprint density at radius 3 is 2.50 bits per heavy atom. The molecule has 0 saturated heterocycles. The van der Waals surface area contributed by atoms with Crippen LogP contribution in [0.15, 0.2) is 42.5 Å². The zero-order chi connectivity index (χ0) is 14.5. The summed E-state index contributed by atoms with van der Waals surface area (Å²) in [6.07, 6.45) is 0. The molecule has 0 N–H and O–H groups in total. The van der Waals surface area contributed by atoms with Crippen molar-refractivity contribution in [2.24, 2.45) is 0 Å². The van der Waals surface area contributed by atoms with Gasteiger partial charge < -0.3 is 9.47 Å². The van der Waals surface area contributed by atoms with Gasteiger partial charge in [-0.25, -0.2) is 0 Å². The van der Waals surface area contributed by atoms with Crippen molar-refractivity contribution in [1.29, 1.82) is 0 Å². The maximum atomic E-state index is 13.5. The molecule has 0 aromatic heterocycles. The summed E-state index contributed by atoms with van der Waals surface area (Å²) in [4.78, 5) is 9.75. The Labute approximate surface area is 114 Å². The van der Waals surface area contributed by atoms with Gasteiger partial charge >= 0.3 is 5.69 Å². The van der Waals surface area contributed by atoms with Gasteiger partial charge in [-0.1, -0.05) is 12.1 Å². The minimum Gasteiger partial charge on any atom is -0.493 e. The van der Waals surface area contributed by atoms with Crippen LogP contribution in [-0.4, -0.2) is 12.0 Å². The Bertz CT molecular complexity index is 630. The number of methoxy groups -OCH3 is 1. The van der Waals surface area contributed by atoms with E-state index in [0.29, 0.717) is 17.1 Å². The average Bonchev–Trinajstić information content (AvgIpc) is 2.45. The number of nitro benzene ring substituents is 1. The highest BCUT2D eigenvalue weighted by Crippen LogP contribution is 2.27. The maximum Gasteiger partial charge on any atom is 0.304 e. The van der Waals surface area contributed by atoms with E-state index in [1.807, 2.05) is 0 Å². The van der Waals surface area contributed by atoms with E-state index < -0.39 is 16.4 Å². The minimum atomic E-state index is -0.879. The molecule has 20 heavy (non-hydrogen) atoms. The molecule has 104 valence electrons. The van der Waals surface area contributed by atoms with E-state index in [-0.39, 0.29) is 6.61 Å². The fraction of sp³-hybridized carbons (Fsp3) is 0.143. The topological polar surface area (TPSA) is 61.6 Å². The molecule has 5 nitrogen and oxygen atoms in total. The molecule has 0 amide bonds. The Morgan fingerprint density at radius 1 is 1.20 bits per heavy atom. The SMILES string of the molecule is COc1ccccc1OCc1ccc([N+](=O)[O-])c(F)c1. The molecule has 2 aromatic carbocycles. The second-order valence-electron chi connectivity index (χ2n) is 3.98. The lowest BCUT2D eigenvalue weighted by Gasteiger charge is -2.10. The highest BCUT2D eigenvalue weighted by Gasteiger charge is 2.14. The third-order valence-electron chi connectivity index (χ3n) is 2.67. The summed E-state index contributed by atoms with van der Waals surface area (Å²) in [6, 6.07) is 10.7. The van der Waals surface area contributed by atoms with Crippen LogP contribution in [-0.2, 0) is 6.61 Å². The van der Waals surface area contributed by atoms with Gasteiger partial charge in [0.1, 0.15) is 6.61 Å². The number of para-hydroxylation sites is 2. The van der Waals surface area contributed by atoms with E-state index in [4.69, 9.17) is 9.47 Å². The van der Waals surface area contributed by atoms with Crippen LogP contribution in [0.2, 0.25) is 0 Å². The van der Waals surface area contributed by atoms with Crippen LogP contribution < -0.4 is 9.47 Å². The number of halogens is 1. The first kappa shape index (κ1) is 13.8. The molecule has 0 aliphatic rings. The number of nitrogens with zero attached hydrogens (tertiary/aromatic N) is 1. The van der Waals surface area contributed by atoms with Crippen molar-refractivity contribution in [2.75, 3.05) is 7.11 Å². The fourth-order valence-electron chi connectivity index (χ4n) is 1.69. The first-order valence-corrected chi connectivity index (χ1v) is 5.80.